The van der Waals surface area contributed by atoms with Crippen LogP contribution >= 0.6 is 0 Å². The minimum Gasteiger partial charge on any atom is -0.496 e. The quantitative estimate of drug-likeness (QED) is 0.313. The third-order valence-electron chi connectivity index (χ3n) is 7.33. The van der Waals surface area contributed by atoms with E-state index in [-0.39, 0.29) is 18.2 Å². The lowest BCUT2D eigenvalue weighted by atomic mass is 9.98. The summed E-state index contributed by atoms with van der Waals surface area (Å²) in [5, 5.41) is 25.9. The summed E-state index contributed by atoms with van der Waals surface area (Å²) in [6.07, 6.45) is -0.147. The average Bonchev–Trinajstić information content (AvgIpc) is 3.55. The lowest BCUT2D eigenvalue weighted by Gasteiger charge is -2.27. The zero-order valence-corrected chi connectivity index (χ0v) is 22.4. The smallest absolute Gasteiger partial charge is 0.354 e. The van der Waals surface area contributed by atoms with Crippen molar-refractivity contribution in [1.29, 1.82) is 0 Å². The highest BCUT2D eigenvalue weighted by molar-refractivity contribution is 5.87. The molecule has 0 aliphatic heterocycles. The molecular weight excluding hydrogens is 500 g/mol. The van der Waals surface area contributed by atoms with E-state index >= 15 is 0 Å². The molecule has 1 aliphatic carbocycles. The van der Waals surface area contributed by atoms with Crippen molar-refractivity contribution in [2.75, 3.05) is 21.3 Å². The van der Waals surface area contributed by atoms with Crippen LogP contribution in [0, 0.1) is 6.92 Å². The molecule has 2 heterocycles. The second kappa shape index (κ2) is 11.0. The number of aromatic carboxylic acids is 1. The summed E-state index contributed by atoms with van der Waals surface area (Å²) in [5.41, 5.74) is 4.97. The zero-order chi connectivity index (χ0) is 27.7. The molecule has 0 radical (unpaired) electrons. The fourth-order valence-electron chi connectivity index (χ4n) is 5.33. The maximum atomic E-state index is 11.8. The van der Waals surface area contributed by atoms with Crippen molar-refractivity contribution >= 4 is 11.5 Å². The molecule has 5 rings (SSSR count). The summed E-state index contributed by atoms with van der Waals surface area (Å²) in [6, 6.07) is 16.6. The van der Waals surface area contributed by atoms with Crippen molar-refractivity contribution in [3.05, 3.63) is 88.2 Å². The normalized spacial score (nSPS) is 14.7. The molecule has 9 nitrogen and oxygen atoms in total. The summed E-state index contributed by atoms with van der Waals surface area (Å²) >= 11 is 0. The lowest BCUT2D eigenvalue weighted by Crippen LogP contribution is -2.30. The molecule has 9 heteroatoms. The van der Waals surface area contributed by atoms with Gasteiger partial charge in [0.1, 0.15) is 28.9 Å². The fraction of sp³-hybridized carbons (Fsp3) is 0.333. The number of hydrogen-bond donors (Lipinski definition) is 2. The Kier molecular flexibility index (Phi) is 7.45. The summed E-state index contributed by atoms with van der Waals surface area (Å²) in [6.45, 7) is 1.89. The van der Waals surface area contributed by atoms with Crippen LogP contribution in [0.2, 0.25) is 0 Å². The Morgan fingerprint density at radius 1 is 0.974 bits per heavy atom. The number of aromatic nitrogens is 2. The SMILES string of the molecule is COc1cc([C@@H](O)[C@H](Cc2cc3c(OC)ccc(C(=O)O)n3n2)OC2Cc3ccccc3C2)cc(OC)c1C. The Labute approximate surface area is 226 Å². The average molecular weight is 533 g/mol. The van der Waals surface area contributed by atoms with Gasteiger partial charge in [-0.05, 0) is 66.8 Å². The van der Waals surface area contributed by atoms with Crippen LogP contribution < -0.4 is 14.2 Å². The lowest BCUT2D eigenvalue weighted by molar-refractivity contribution is -0.0747. The van der Waals surface area contributed by atoms with E-state index in [1.807, 2.05) is 19.1 Å². The number of aliphatic hydroxyl groups excluding tert-OH is 1. The van der Waals surface area contributed by atoms with E-state index in [0.29, 0.717) is 34.0 Å². The molecular formula is C30H32N2O7. The molecule has 0 unspecified atom stereocenters. The standard InChI is InChI=1S/C30H32N2O7/c1-17-26(37-3)13-20(14-27(17)38-4)29(33)28(39-22-11-18-7-5-6-8-19(18)12-22)16-21-15-24-25(36-2)10-9-23(30(34)35)32(24)31-21/h5-10,13-15,22,28-29,33H,11-12,16H2,1-4H3,(H,34,35)/t28-,29+/m0/s1. The maximum absolute atomic E-state index is 11.8. The minimum atomic E-state index is -1.10. The number of carboxylic acid groups (broad SMARTS) is 1. The fourth-order valence-corrected chi connectivity index (χ4v) is 5.33. The van der Waals surface area contributed by atoms with Gasteiger partial charge in [-0.25, -0.2) is 9.31 Å². The molecule has 0 amide bonds. The van der Waals surface area contributed by atoms with Gasteiger partial charge in [-0.15, -0.1) is 0 Å². The predicted octanol–water partition coefficient (Wildman–Crippen LogP) is 4.20. The third-order valence-corrected chi connectivity index (χ3v) is 7.33. The Bertz CT molecular complexity index is 1460. The van der Waals surface area contributed by atoms with Gasteiger partial charge in [0.05, 0.1) is 39.2 Å². The maximum Gasteiger partial charge on any atom is 0.354 e. The number of pyridine rings is 1. The number of hydrogen-bond acceptors (Lipinski definition) is 7. The Balaban J connectivity index is 1.52. The van der Waals surface area contributed by atoms with Gasteiger partial charge in [0.15, 0.2) is 5.69 Å². The topological polar surface area (TPSA) is 112 Å². The van der Waals surface area contributed by atoms with E-state index in [1.165, 1.54) is 28.8 Å². The summed E-state index contributed by atoms with van der Waals surface area (Å²) in [7, 11) is 4.67. The number of nitrogens with zero attached hydrogens (tertiary/aromatic N) is 2. The molecule has 2 atom stereocenters. The van der Waals surface area contributed by atoms with Crippen LogP contribution in [0.15, 0.2) is 54.6 Å². The second-order valence-corrected chi connectivity index (χ2v) is 9.70. The van der Waals surface area contributed by atoms with Crippen LogP contribution in [-0.4, -0.2) is 59.3 Å². The second-order valence-electron chi connectivity index (χ2n) is 9.70. The highest BCUT2D eigenvalue weighted by atomic mass is 16.5. The highest BCUT2D eigenvalue weighted by Gasteiger charge is 2.31. The minimum absolute atomic E-state index is 0.00863. The number of methoxy groups -OCH3 is 3. The molecule has 2 aromatic heterocycles. The van der Waals surface area contributed by atoms with Crippen molar-refractivity contribution in [1.82, 2.24) is 9.61 Å². The van der Waals surface area contributed by atoms with Gasteiger partial charge in [0.25, 0.3) is 0 Å². The van der Waals surface area contributed by atoms with Crippen LogP contribution in [-0.2, 0) is 24.0 Å². The van der Waals surface area contributed by atoms with Crippen LogP contribution in [0.5, 0.6) is 17.2 Å². The van der Waals surface area contributed by atoms with Gasteiger partial charge in [-0.2, -0.15) is 5.10 Å². The van der Waals surface area contributed by atoms with Gasteiger partial charge in [0, 0.05) is 12.0 Å². The third kappa shape index (κ3) is 5.15. The molecule has 2 aromatic carbocycles. The van der Waals surface area contributed by atoms with Crippen molar-refractivity contribution in [2.24, 2.45) is 0 Å². The van der Waals surface area contributed by atoms with E-state index < -0.39 is 18.2 Å². The molecule has 4 aromatic rings. The largest absolute Gasteiger partial charge is 0.496 e. The van der Waals surface area contributed by atoms with Gasteiger partial charge in [-0.1, -0.05) is 24.3 Å². The van der Waals surface area contributed by atoms with Crippen molar-refractivity contribution in [3.8, 4) is 17.2 Å². The molecule has 2 N–H and O–H groups in total. The molecule has 0 saturated heterocycles. The van der Waals surface area contributed by atoms with Crippen molar-refractivity contribution in [2.45, 2.75) is 44.5 Å². The van der Waals surface area contributed by atoms with E-state index in [1.54, 1.807) is 38.5 Å². The molecule has 39 heavy (non-hydrogen) atoms. The van der Waals surface area contributed by atoms with Crippen molar-refractivity contribution < 1.29 is 34.0 Å². The van der Waals surface area contributed by atoms with Crippen LogP contribution in [0.1, 0.15) is 44.5 Å². The van der Waals surface area contributed by atoms with E-state index in [0.717, 1.165) is 18.4 Å². The van der Waals surface area contributed by atoms with Crippen LogP contribution in [0.25, 0.3) is 5.52 Å². The van der Waals surface area contributed by atoms with E-state index in [4.69, 9.17) is 18.9 Å². The number of ether oxygens (including phenoxy) is 4. The van der Waals surface area contributed by atoms with E-state index in [9.17, 15) is 15.0 Å². The molecule has 0 saturated carbocycles. The van der Waals surface area contributed by atoms with E-state index in [2.05, 4.69) is 17.2 Å². The number of carboxylic acids is 1. The first-order valence-electron chi connectivity index (χ1n) is 12.7. The molecule has 0 fully saturated rings. The summed E-state index contributed by atoms with van der Waals surface area (Å²) in [5.74, 6) is 0.585. The number of fused-ring (bicyclic) bond motifs is 2. The van der Waals surface area contributed by atoms with Gasteiger partial charge in [-0.3, -0.25) is 0 Å². The molecule has 0 spiro atoms. The van der Waals surface area contributed by atoms with Gasteiger partial charge >= 0.3 is 5.97 Å². The van der Waals surface area contributed by atoms with Gasteiger partial charge < -0.3 is 29.2 Å². The first-order valence-corrected chi connectivity index (χ1v) is 12.7. The number of benzene rings is 2. The Morgan fingerprint density at radius 2 is 1.59 bits per heavy atom. The number of aliphatic hydroxyl groups is 1. The monoisotopic (exact) mass is 532 g/mol. The Morgan fingerprint density at radius 3 is 2.15 bits per heavy atom. The highest BCUT2D eigenvalue weighted by Crippen LogP contribution is 2.36. The first kappa shape index (κ1) is 26.5. The van der Waals surface area contributed by atoms with Crippen LogP contribution in [0.3, 0.4) is 0 Å². The number of carbonyl (C=O) groups is 1. The van der Waals surface area contributed by atoms with Gasteiger partial charge in [0.2, 0.25) is 0 Å². The number of rotatable bonds is 10. The molecule has 204 valence electrons. The Hall–Kier alpha value is -4.08. The zero-order valence-electron chi connectivity index (χ0n) is 22.4. The van der Waals surface area contributed by atoms with Crippen LogP contribution in [0.4, 0.5) is 0 Å². The molecule has 0 bridgehead atoms. The molecule has 1 aliphatic rings. The summed E-state index contributed by atoms with van der Waals surface area (Å²) < 4.78 is 24.5. The van der Waals surface area contributed by atoms with Crippen molar-refractivity contribution in [3.63, 3.8) is 0 Å². The summed E-state index contributed by atoms with van der Waals surface area (Å²) in [4.78, 5) is 11.8. The predicted molar refractivity (Wildman–Crippen MR) is 144 cm³/mol. The first-order chi connectivity index (χ1) is 18.8.